The molecule has 0 aromatic heterocycles. The Morgan fingerprint density at radius 1 is 1.10 bits per heavy atom. The summed E-state index contributed by atoms with van der Waals surface area (Å²) < 4.78 is 32.4. The number of benzene rings is 2. The molecule has 0 saturated carbocycles. The highest BCUT2D eigenvalue weighted by molar-refractivity contribution is 7.89. The molecule has 8 heteroatoms. The number of hydrogen-bond acceptors (Lipinski definition) is 4. The molecule has 0 aliphatic carbocycles. The van der Waals surface area contributed by atoms with Gasteiger partial charge in [-0.25, -0.2) is 8.42 Å². The molecule has 1 heterocycles. The van der Waals surface area contributed by atoms with Gasteiger partial charge in [-0.2, -0.15) is 4.31 Å². The van der Waals surface area contributed by atoms with E-state index in [0.717, 1.165) is 30.4 Å². The van der Waals surface area contributed by atoms with Crippen molar-refractivity contribution in [1.29, 1.82) is 0 Å². The lowest BCUT2D eigenvalue weighted by Crippen LogP contribution is -2.35. The van der Waals surface area contributed by atoms with Gasteiger partial charge in [0.05, 0.1) is 9.92 Å². The van der Waals surface area contributed by atoms with E-state index >= 15 is 0 Å². The van der Waals surface area contributed by atoms with Gasteiger partial charge < -0.3 is 10.1 Å². The molecule has 156 valence electrons. The van der Waals surface area contributed by atoms with Crippen LogP contribution in [0, 0.1) is 6.92 Å². The zero-order valence-corrected chi connectivity index (χ0v) is 17.9. The van der Waals surface area contributed by atoms with E-state index in [4.69, 9.17) is 16.3 Å². The molecule has 1 amide bonds. The largest absolute Gasteiger partial charge is 0.482 e. The highest BCUT2D eigenvalue weighted by Crippen LogP contribution is 2.29. The van der Waals surface area contributed by atoms with Gasteiger partial charge in [-0.1, -0.05) is 47.9 Å². The molecule has 6 nitrogen and oxygen atoms in total. The van der Waals surface area contributed by atoms with Gasteiger partial charge in [0.25, 0.3) is 5.91 Å². The molecule has 0 spiro atoms. The smallest absolute Gasteiger partial charge is 0.258 e. The van der Waals surface area contributed by atoms with Crippen LogP contribution in [-0.4, -0.2) is 38.3 Å². The topological polar surface area (TPSA) is 75.7 Å². The highest BCUT2D eigenvalue weighted by Gasteiger charge is 2.26. The normalized spacial score (nSPS) is 15.1. The van der Waals surface area contributed by atoms with Gasteiger partial charge in [-0.15, -0.1) is 0 Å². The predicted molar refractivity (Wildman–Crippen MR) is 113 cm³/mol. The maximum absolute atomic E-state index is 12.7. The Hall–Kier alpha value is -2.09. The van der Waals surface area contributed by atoms with Crippen molar-refractivity contribution in [3.05, 3.63) is 58.6 Å². The molecule has 2 aromatic rings. The molecular formula is C21H25ClN2O4S. The fraction of sp³-hybridized carbons (Fsp3) is 0.381. The second-order valence-electron chi connectivity index (χ2n) is 7.11. The number of piperidine rings is 1. The first-order valence-electron chi connectivity index (χ1n) is 9.61. The van der Waals surface area contributed by atoms with Crippen molar-refractivity contribution in [1.82, 2.24) is 9.62 Å². The summed E-state index contributed by atoms with van der Waals surface area (Å²) in [4.78, 5) is 12.2. The second-order valence-corrected chi connectivity index (χ2v) is 9.45. The number of nitrogens with one attached hydrogen (secondary N) is 1. The maximum atomic E-state index is 12.7. The van der Waals surface area contributed by atoms with Crippen LogP contribution < -0.4 is 10.1 Å². The Kier molecular flexibility index (Phi) is 7.16. The van der Waals surface area contributed by atoms with Crippen molar-refractivity contribution in [2.45, 2.75) is 37.6 Å². The SMILES string of the molecule is Cc1ccc(CNC(=O)COc2ccc(S(=O)(=O)N3CCCCC3)cc2Cl)cc1. The monoisotopic (exact) mass is 436 g/mol. The van der Waals surface area contributed by atoms with Crippen molar-refractivity contribution in [3.8, 4) is 5.75 Å². The van der Waals surface area contributed by atoms with Crippen LogP contribution in [0.1, 0.15) is 30.4 Å². The van der Waals surface area contributed by atoms with Crippen LogP contribution >= 0.6 is 11.6 Å². The summed E-state index contributed by atoms with van der Waals surface area (Å²) in [5.74, 6) is -0.0126. The number of rotatable bonds is 7. The standard InChI is InChI=1S/C21H25ClN2O4S/c1-16-5-7-17(8-6-16)14-23-21(25)15-28-20-10-9-18(13-19(20)22)29(26,27)24-11-3-2-4-12-24/h5-10,13H,2-4,11-12,14-15H2,1H3,(H,23,25). The minimum absolute atomic E-state index is 0.139. The van der Waals surface area contributed by atoms with Crippen LogP contribution in [0.3, 0.4) is 0 Å². The molecule has 1 saturated heterocycles. The minimum Gasteiger partial charge on any atom is -0.482 e. The Labute approximate surface area is 176 Å². The minimum atomic E-state index is -3.56. The van der Waals surface area contributed by atoms with Gasteiger partial charge in [0.2, 0.25) is 10.0 Å². The molecule has 1 aliphatic heterocycles. The lowest BCUT2D eigenvalue weighted by Gasteiger charge is -2.26. The molecule has 1 aliphatic rings. The number of nitrogens with zero attached hydrogens (tertiary/aromatic N) is 1. The Bertz CT molecular complexity index is 955. The Morgan fingerprint density at radius 2 is 1.79 bits per heavy atom. The number of carbonyl (C=O) groups is 1. The van der Waals surface area contributed by atoms with Crippen LogP contribution in [0.15, 0.2) is 47.4 Å². The average molecular weight is 437 g/mol. The zero-order chi connectivity index (χ0) is 20.9. The molecule has 1 fully saturated rings. The van der Waals surface area contributed by atoms with Crippen LogP contribution in [0.4, 0.5) is 0 Å². The van der Waals surface area contributed by atoms with E-state index < -0.39 is 10.0 Å². The van der Waals surface area contributed by atoms with Crippen LogP contribution in [-0.2, 0) is 21.4 Å². The van der Waals surface area contributed by atoms with Crippen molar-refractivity contribution < 1.29 is 17.9 Å². The third-order valence-corrected chi connectivity index (χ3v) is 7.02. The van der Waals surface area contributed by atoms with Crippen molar-refractivity contribution in [2.75, 3.05) is 19.7 Å². The van der Waals surface area contributed by atoms with Gasteiger partial charge >= 0.3 is 0 Å². The summed E-state index contributed by atoms with van der Waals surface area (Å²) in [6.07, 6.45) is 2.78. The lowest BCUT2D eigenvalue weighted by atomic mass is 10.1. The molecule has 0 unspecified atom stereocenters. The van der Waals surface area contributed by atoms with E-state index in [9.17, 15) is 13.2 Å². The van der Waals surface area contributed by atoms with Crippen molar-refractivity contribution in [2.24, 2.45) is 0 Å². The summed E-state index contributed by atoms with van der Waals surface area (Å²) in [7, 11) is -3.56. The highest BCUT2D eigenvalue weighted by atomic mass is 35.5. The Balaban J connectivity index is 1.56. The molecule has 0 radical (unpaired) electrons. The molecular weight excluding hydrogens is 412 g/mol. The van der Waals surface area contributed by atoms with E-state index in [1.807, 2.05) is 31.2 Å². The molecule has 0 bridgehead atoms. The van der Waals surface area contributed by atoms with Crippen LogP contribution in [0.5, 0.6) is 5.75 Å². The number of aryl methyl sites for hydroxylation is 1. The summed E-state index contributed by atoms with van der Waals surface area (Å²) >= 11 is 6.21. The van der Waals surface area contributed by atoms with E-state index in [-0.39, 0.29) is 28.2 Å². The van der Waals surface area contributed by atoms with Crippen LogP contribution in [0.25, 0.3) is 0 Å². The molecule has 29 heavy (non-hydrogen) atoms. The summed E-state index contributed by atoms with van der Waals surface area (Å²) in [6.45, 7) is 3.26. The van der Waals surface area contributed by atoms with Crippen molar-refractivity contribution >= 4 is 27.5 Å². The van der Waals surface area contributed by atoms with E-state index in [0.29, 0.717) is 19.6 Å². The number of ether oxygens (including phenoxy) is 1. The zero-order valence-electron chi connectivity index (χ0n) is 16.4. The first kappa shape index (κ1) is 21.6. The summed E-state index contributed by atoms with van der Waals surface area (Å²) in [6, 6.07) is 12.2. The first-order chi connectivity index (χ1) is 13.9. The molecule has 1 N–H and O–H groups in total. The summed E-state index contributed by atoms with van der Waals surface area (Å²) in [5, 5.41) is 2.94. The van der Waals surface area contributed by atoms with Gasteiger partial charge in [0, 0.05) is 19.6 Å². The predicted octanol–water partition coefficient (Wildman–Crippen LogP) is 3.52. The Morgan fingerprint density at radius 3 is 2.45 bits per heavy atom. The van der Waals surface area contributed by atoms with Gasteiger partial charge in [-0.3, -0.25) is 4.79 Å². The van der Waals surface area contributed by atoms with Gasteiger partial charge in [-0.05, 0) is 43.5 Å². The van der Waals surface area contributed by atoms with E-state index in [2.05, 4.69) is 5.32 Å². The summed E-state index contributed by atoms with van der Waals surface area (Å²) in [5.41, 5.74) is 2.15. The van der Waals surface area contributed by atoms with E-state index in [1.54, 1.807) is 0 Å². The number of carbonyl (C=O) groups excluding carboxylic acids is 1. The maximum Gasteiger partial charge on any atom is 0.258 e. The molecule has 0 atom stereocenters. The molecule has 3 rings (SSSR count). The van der Waals surface area contributed by atoms with E-state index in [1.165, 1.54) is 22.5 Å². The number of halogens is 1. The van der Waals surface area contributed by atoms with Gasteiger partial charge in [0.1, 0.15) is 5.75 Å². The number of sulfonamides is 1. The fourth-order valence-corrected chi connectivity index (χ4v) is 4.96. The lowest BCUT2D eigenvalue weighted by molar-refractivity contribution is -0.123. The average Bonchev–Trinajstić information content (AvgIpc) is 2.73. The second kappa shape index (κ2) is 9.61. The third-order valence-electron chi connectivity index (χ3n) is 4.83. The van der Waals surface area contributed by atoms with Gasteiger partial charge in [0.15, 0.2) is 6.61 Å². The fourth-order valence-electron chi connectivity index (χ4n) is 3.11. The van der Waals surface area contributed by atoms with Crippen molar-refractivity contribution in [3.63, 3.8) is 0 Å². The van der Waals surface area contributed by atoms with Crippen LogP contribution in [0.2, 0.25) is 5.02 Å². The molecule has 2 aromatic carbocycles. The number of amides is 1. The quantitative estimate of drug-likeness (QED) is 0.720. The first-order valence-corrected chi connectivity index (χ1v) is 11.4. The third kappa shape index (κ3) is 5.72. The number of hydrogen-bond donors (Lipinski definition) is 1.